The quantitative estimate of drug-likeness (QED) is 0.848. The minimum atomic E-state index is 0.683. The molecule has 2 rings (SSSR count). The maximum atomic E-state index is 8.84. The first-order chi connectivity index (χ1) is 8.19. The van der Waals surface area contributed by atoms with Gasteiger partial charge in [-0.05, 0) is 11.6 Å². The minimum absolute atomic E-state index is 0.683. The SMILES string of the molecule is Cn1cc(CNCc2cc(C#N)n(C)c2)cn1. The van der Waals surface area contributed by atoms with Gasteiger partial charge >= 0.3 is 0 Å². The van der Waals surface area contributed by atoms with Gasteiger partial charge in [0, 0.05) is 45.1 Å². The van der Waals surface area contributed by atoms with Gasteiger partial charge in [0.2, 0.25) is 0 Å². The van der Waals surface area contributed by atoms with E-state index in [1.54, 1.807) is 4.68 Å². The highest BCUT2D eigenvalue weighted by atomic mass is 15.2. The average molecular weight is 229 g/mol. The highest BCUT2D eigenvalue weighted by molar-refractivity contribution is 5.28. The van der Waals surface area contributed by atoms with E-state index in [0.717, 1.165) is 24.2 Å². The summed E-state index contributed by atoms with van der Waals surface area (Å²) in [6.45, 7) is 1.54. The Hall–Kier alpha value is -2.06. The second kappa shape index (κ2) is 4.85. The van der Waals surface area contributed by atoms with Crippen molar-refractivity contribution in [2.24, 2.45) is 14.1 Å². The summed E-state index contributed by atoms with van der Waals surface area (Å²) in [5, 5.41) is 16.3. The summed E-state index contributed by atoms with van der Waals surface area (Å²) in [7, 11) is 3.78. The van der Waals surface area contributed by atoms with Gasteiger partial charge < -0.3 is 9.88 Å². The second-order valence-electron chi connectivity index (χ2n) is 4.08. The molecular weight excluding hydrogens is 214 g/mol. The van der Waals surface area contributed by atoms with Crippen molar-refractivity contribution in [1.29, 1.82) is 5.26 Å². The third-order valence-corrected chi connectivity index (χ3v) is 2.59. The van der Waals surface area contributed by atoms with Crippen LogP contribution in [-0.2, 0) is 27.2 Å². The van der Waals surface area contributed by atoms with Crippen molar-refractivity contribution in [3.63, 3.8) is 0 Å². The Bertz CT molecular complexity index is 543. The smallest absolute Gasteiger partial charge is 0.120 e. The number of nitrogens with one attached hydrogen (secondary N) is 1. The molecule has 5 heteroatoms. The molecule has 5 nitrogen and oxygen atoms in total. The van der Waals surface area contributed by atoms with E-state index in [2.05, 4.69) is 16.5 Å². The normalized spacial score (nSPS) is 10.4. The number of aryl methyl sites for hydroxylation is 2. The van der Waals surface area contributed by atoms with Crippen molar-refractivity contribution in [2.45, 2.75) is 13.1 Å². The van der Waals surface area contributed by atoms with Crippen LogP contribution in [0.25, 0.3) is 0 Å². The average Bonchev–Trinajstić information content (AvgIpc) is 2.85. The van der Waals surface area contributed by atoms with E-state index in [0.29, 0.717) is 5.69 Å². The molecule has 0 saturated heterocycles. The molecule has 0 saturated carbocycles. The second-order valence-corrected chi connectivity index (χ2v) is 4.08. The highest BCUT2D eigenvalue weighted by Gasteiger charge is 2.02. The van der Waals surface area contributed by atoms with E-state index in [1.807, 2.05) is 43.3 Å². The van der Waals surface area contributed by atoms with Crippen LogP contribution < -0.4 is 5.32 Å². The number of rotatable bonds is 4. The first kappa shape index (κ1) is 11.4. The van der Waals surface area contributed by atoms with Crippen molar-refractivity contribution >= 4 is 0 Å². The van der Waals surface area contributed by atoms with Crippen LogP contribution in [-0.4, -0.2) is 14.3 Å². The molecule has 0 spiro atoms. The summed E-state index contributed by atoms with van der Waals surface area (Å²) in [5.74, 6) is 0. The lowest BCUT2D eigenvalue weighted by molar-refractivity contribution is 0.690. The Kier molecular flexibility index (Phi) is 3.26. The molecular formula is C12H15N5. The van der Waals surface area contributed by atoms with Crippen LogP contribution in [0.15, 0.2) is 24.7 Å². The largest absolute Gasteiger partial charge is 0.342 e. The Morgan fingerprint density at radius 1 is 1.29 bits per heavy atom. The van der Waals surface area contributed by atoms with Crippen LogP contribution in [0, 0.1) is 11.3 Å². The van der Waals surface area contributed by atoms with Crippen LogP contribution in [0.4, 0.5) is 0 Å². The van der Waals surface area contributed by atoms with Gasteiger partial charge in [-0.15, -0.1) is 0 Å². The van der Waals surface area contributed by atoms with Gasteiger partial charge in [0.1, 0.15) is 11.8 Å². The molecule has 0 radical (unpaired) electrons. The van der Waals surface area contributed by atoms with E-state index in [-0.39, 0.29) is 0 Å². The van der Waals surface area contributed by atoms with E-state index in [1.165, 1.54) is 0 Å². The molecule has 0 amide bonds. The lowest BCUT2D eigenvalue weighted by Gasteiger charge is -1.99. The van der Waals surface area contributed by atoms with Crippen LogP contribution >= 0.6 is 0 Å². The Morgan fingerprint density at radius 2 is 2.06 bits per heavy atom. The van der Waals surface area contributed by atoms with Crippen molar-refractivity contribution in [2.75, 3.05) is 0 Å². The van der Waals surface area contributed by atoms with Gasteiger partial charge in [-0.3, -0.25) is 4.68 Å². The summed E-state index contributed by atoms with van der Waals surface area (Å²) < 4.78 is 3.62. The van der Waals surface area contributed by atoms with E-state index >= 15 is 0 Å². The Labute approximate surface area is 100 Å². The van der Waals surface area contributed by atoms with E-state index in [4.69, 9.17) is 5.26 Å². The summed E-state index contributed by atoms with van der Waals surface area (Å²) >= 11 is 0. The number of hydrogen-bond donors (Lipinski definition) is 1. The predicted octanol–water partition coefficient (Wildman–Crippen LogP) is 0.920. The Balaban J connectivity index is 1.88. The molecule has 2 heterocycles. The highest BCUT2D eigenvalue weighted by Crippen LogP contribution is 2.06. The third kappa shape index (κ3) is 2.74. The number of nitriles is 1. The minimum Gasteiger partial charge on any atom is -0.342 e. The number of hydrogen-bond acceptors (Lipinski definition) is 3. The zero-order valence-corrected chi connectivity index (χ0v) is 10.0. The molecule has 0 aromatic carbocycles. The van der Waals surface area contributed by atoms with Crippen LogP contribution in [0.2, 0.25) is 0 Å². The van der Waals surface area contributed by atoms with Crippen LogP contribution in [0.5, 0.6) is 0 Å². The first-order valence-corrected chi connectivity index (χ1v) is 5.42. The van der Waals surface area contributed by atoms with E-state index in [9.17, 15) is 0 Å². The molecule has 0 aliphatic rings. The van der Waals surface area contributed by atoms with Crippen molar-refractivity contribution in [3.8, 4) is 6.07 Å². The first-order valence-electron chi connectivity index (χ1n) is 5.42. The summed E-state index contributed by atoms with van der Waals surface area (Å²) in [6, 6.07) is 4.05. The lowest BCUT2D eigenvalue weighted by atomic mass is 10.3. The fourth-order valence-corrected chi connectivity index (χ4v) is 1.76. The van der Waals surface area contributed by atoms with Gasteiger partial charge in [-0.1, -0.05) is 0 Å². The van der Waals surface area contributed by atoms with Gasteiger partial charge in [-0.25, -0.2) is 0 Å². The molecule has 2 aromatic rings. The molecule has 17 heavy (non-hydrogen) atoms. The fraction of sp³-hybridized carbons (Fsp3) is 0.333. The van der Waals surface area contributed by atoms with E-state index < -0.39 is 0 Å². The zero-order valence-electron chi connectivity index (χ0n) is 10.0. The molecule has 0 fully saturated rings. The van der Waals surface area contributed by atoms with Crippen LogP contribution in [0.3, 0.4) is 0 Å². The molecule has 0 atom stereocenters. The maximum absolute atomic E-state index is 8.84. The van der Waals surface area contributed by atoms with Crippen molar-refractivity contribution in [1.82, 2.24) is 19.7 Å². The van der Waals surface area contributed by atoms with Crippen LogP contribution in [0.1, 0.15) is 16.8 Å². The molecule has 2 aromatic heterocycles. The number of aromatic nitrogens is 3. The predicted molar refractivity (Wildman–Crippen MR) is 63.9 cm³/mol. The third-order valence-electron chi connectivity index (χ3n) is 2.59. The monoisotopic (exact) mass is 229 g/mol. The topological polar surface area (TPSA) is 58.6 Å². The summed E-state index contributed by atoms with van der Waals surface area (Å²) in [6.07, 6.45) is 5.80. The van der Waals surface area contributed by atoms with Gasteiger partial charge in [0.15, 0.2) is 0 Å². The van der Waals surface area contributed by atoms with Gasteiger partial charge in [0.25, 0.3) is 0 Å². The molecule has 0 unspecified atom stereocenters. The zero-order chi connectivity index (χ0) is 12.3. The molecule has 0 aliphatic heterocycles. The van der Waals surface area contributed by atoms with Gasteiger partial charge in [0.05, 0.1) is 6.20 Å². The summed E-state index contributed by atoms with van der Waals surface area (Å²) in [5.41, 5.74) is 2.96. The summed E-state index contributed by atoms with van der Waals surface area (Å²) in [4.78, 5) is 0. The molecule has 0 aliphatic carbocycles. The van der Waals surface area contributed by atoms with Crippen molar-refractivity contribution < 1.29 is 0 Å². The molecule has 1 N–H and O–H groups in total. The standard InChI is InChI=1S/C12H15N5/c1-16-8-10(3-12(16)4-13)5-14-6-11-7-15-17(2)9-11/h3,7-9,14H,5-6H2,1-2H3. The van der Waals surface area contributed by atoms with Crippen molar-refractivity contribution in [3.05, 3.63) is 41.5 Å². The maximum Gasteiger partial charge on any atom is 0.120 e. The Morgan fingerprint density at radius 3 is 2.65 bits per heavy atom. The number of nitrogens with zero attached hydrogens (tertiary/aromatic N) is 4. The molecule has 88 valence electrons. The molecule has 0 bridgehead atoms. The fourth-order valence-electron chi connectivity index (χ4n) is 1.76. The van der Waals surface area contributed by atoms with Gasteiger partial charge in [-0.2, -0.15) is 10.4 Å². The lowest BCUT2D eigenvalue weighted by Crippen LogP contribution is -2.11.